The first-order valence-electron chi connectivity index (χ1n) is 9.36. The molecule has 1 saturated heterocycles. The molecule has 1 atom stereocenters. The van der Waals surface area contributed by atoms with Crippen molar-refractivity contribution in [1.29, 1.82) is 0 Å². The Bertz CT molecular complexity index is 885. The van der Waals surface area contributed by atoms with Crippen molar-refractivity contribution in [1.82, 2.24) is 14.7 Å². The number of para-hydroxylation sites is 1. The summed E-state index contributed by atoms with van der Waals surface area (Å²) < 4.78 is 12.9. The number of aromatic nitrogens is 2. The van der Waals surface area contributed by atoms with Gasteiger partial charge in [0, 0.05) is 25.8 Å². The summed E-state index contributed by atoms with van der Waals surface area (Å²) in [6, 6.07) is 15.2. The maximum Gasteiger partial charge on any atom is 0.272 e. The van der Waals surface area contributed by atoms with Gasteiger partial charge in [-0.1, -0.05) is 18.2 Å². The van der Waals surface area contributed by atoms with Crippen molar-refractivity contribution in [2.24, 2.45) is 0 Å². The molecule has 1 amide bonds. The first-order valence-corrected chi connectivity index (χ1v) is 9.36. The molecule has 1 aliphatic rings. The quantitative estimate of drug-likeness (QED) is 0.690. The number of hydrogen-bond donors (Lipinski definition) is 0. The Kier molecular flexibility index (Phi) is 5.07. The lowest BCUT2D eigenvalue weighted by Crippen LogP contribution is -2.43. The minimum Gasteiger partial charge on any atom is -0.463 e. The van der Waals surface area contributed by atoms with E-state index in [9.17, 15) is 4.79 Å². The molecule has 0 radical (unpaired) electrons. The smallest absolute Gasteiger partial charge is 0.272 e. The van der Waals surface area contributed by atoms with Gasteiger partial charge in [0.2, 0.25) is 0 Å². The van der Waals surface area contributed by atoms with Crippen molar-refractivity contribution in [3.05, 3.63) is 60.5 Å². The van der Waals surface area contributed by atoms with Crippen molar-refractivity contribution < 1.29 is 13.9 Å². The van der Waals surface area contributed by atoms with E-state index in [4.69, 9.17) is 9.15 Å². The number of amides is 1. The number of likely N-dealkylation sites (tertiary alicyclic amines) is 1. The average Bonchev–Trinajstić information content (AvgIpc) is 3.38. The highest BCUT2D eigenvalue weighted by molar-refractivity contribution is 5.94. The third kappa shape index (κ3) is 3.66. The maximum atomic E-state index is 13.3. The summed E-state index contributed by atoms with van der Waals surface area (Å²) >= 11 is 0. The first kappa shape index (κ1) is 17.5. The standard InChI is InChI=1S/C21H23N3O3/c1-2-26-17-10-6-12-23(15-17)21(25)19-14-18(20-11-7-13-27-20)22-24(19)16-8-4-3-5-9-16/h3-5,7-9,11,13-14,17H,2,6,10,12,15H2,1H3. The molecule has 6 heteroatoms. The van der Waals surface area contributed by atoms with Crippen LogP contribution in [0.25, 0.3) is 17.1 Å². The summed E-state index contributed by atoms with van der Waals surface area (Å²) in [6.45, 7) is 4.00. The third-order valence-corrected chi connectivity index (χ3v) is 4.77. The van der Waals surface area contributed by atoms with E-state index in [2.05, 4.69) is 5.10 Å². The molecular formula is C21H23N3O3. The molecular weight excluding hydrogens is 342 g/mol. The molecule has 1 aromatic carbocycles. The topological polar surface area (TPSA) is 60.5 Å². The predicted molar refractivity (Wildman–Crippen MR) is 102 cm³/mol. The fraction of sp³-hybridized carbons (Fsp3) is 0.333. The highest BCUT2D eigenvalue weighted by Gasteiger charge is 2.28. The summed E-state index contributed by atoms with van der Waals surface area (Å²) in [4.78, 5) is 15.2. The van der Waals surface area contributed by atoms with Gasteiger partial charge < -0.3 is 14.1 Å². The van der Waals surface area contributed by atoms with E-state index in [0.29, 0.717) is 30.3 Å². The van der Waals surface area contributed by atoms with Gasteiger partial charge in [-0.2, -0.15) is 5.10 Å². The number of ether oxygens (including phenoxy) is 1. The van der Waals surface area contributed by atoms with Gasteiger partial charge in [-0.15, -0.1) is 0 Å². The van der Waals surface area contributed by atoms with Crippen LogP contribution in [0.3, 0.4) is 0 Å². The molecule has 2 aromatic heterocycles. The predicted octanol–water partition coefficient (Wildman–Crippen LogP) is 3.77. The van der Waals surface area contributed by atoms with Crippen LogP contribution in [0.2, 0.25) is 0 Å². The van der Waals surface area contributed by atoms with Crippen molar-refractivity contribution >= 4 is 5.91 Å². The second-order valence-electron chi connectivity index (χ2n) is 6.61. The Morgan fingerprint density at radius 3 is 2.85 bits per heavy atom. The second-order valence-corrected chi connectivity index (χ2v) is 6.61. The molecule has 1 unspecified atom stereocenters. The molecule has 1 aliphatic heterocycles. The summed E-state index contributed by atoms with van der Waals surface area (Å²) in [5.74, 6) is 0.609. The highest BCUT2D eigenvalue weighted by atomic mass is 16.5. The van der Waals surface area contributed by atoms with Crippen LogP contribution in [0.15, 0.2) is 59.2 Å². The van der Waals surface area contributed by atoms with Crippen molar-refractivity contribution in [2.45, 2.75) is 25.9 Å². The minimum absolute atomic E-state index is 0.0337. The largest absolute Gasteiger partial charge is 0.463 e. The molecule has 3 aromatic rings. The van der Waals surface area contributed by atoms with E-state index in [1.807, 2.05) is 54.3 Å². The van der Waals surface area contributed by atoms with E-state index >= 15 is 0 Å². The molecule has 4 rings (SSSR count). The molecule has 140 valence electrons. The van der Waals surface area contributed by atoms with E-state index in [-0.39, 0.29) is 12.0 Å². The van der Waals surface area contributed by atoms with Gasteiger partial charge in [0.25, 0.3) is 5.91 Å². The molecule has 27 heavy (non-hydrogen) atoms. The van der Waals surface area contributed by atoms with Crippen LogP contribution in [-0.2, 0) is 4.74 Å². The number of benzene rings is 1. The Morgan fingerprint density at radius 1 is 1.26 bits per heavy atom. The number of furan rings is 1. The summed E-state index contributed by atoms with van der Waals surface area (Å²) in [6.07, 6.45) is 3.65. The first-order chi connectivity index (χ1) is 13.3. The van der Waals surface area contributed by atoms with E-state index < -0.39 is 0 Å². The van der Waals surface area contributed by atoms with Crippen molar-refractivity contribution in [2.75, 3.05) is 19.7 Å². The highest BCUT2D eigenvalue weighted by Crippen LogP contribution is 2.24. The SMILES string of the molecule is CCOC1CCCN(C(=O)c2cc(-c3ccco3)nn2-c2ccccc2)C1. The normalized spacial score (nSPS) is 17.2. The van der Waals surface area contributed by atoms with E-state index in [1.54, 1.807) is 17.0 Å². The number of hydrogen-bond acceptors (Lipinski definition) is 4. The van der Waals surface area contributed by atoms with Gasteiger partial charge in [-0.25, -0.2) is 4.68 Å². The van der Waals surface area contributed by atoms with Gasteiger partial charge in [-0.05, 0) is 44.0 Å². The number of carbonyl (C=O) groups is 1. The number of nitrogens with zero attached hydrogens (tertiary/aromatic N) is 3. The van der Waals surface area contributed by atoms with Crippen molar-refractivity contribution in [3.8, 4) is 17.1 Å². The number of rotatable bonds is 5. The number of carbonyl (C=O) groups excluding carboxylic acids is 1. The van der Waals surface area contributed by atoms with E-state index in [1.165, 1.54) is 0 Å². The molecule has 0 N–H and O–H groups in total. The fourth-order valence-electron chi connectivity index (χ4n) is 3.50. The lowest BCUT2D eigenvalue weighted by molar-refractivity contribution is 0.00692. The Labute approximate surface area is 158 Å². The second kappa shape index (κ2) is 7.80. The van der Waals surface area contributed by atoms with Crippen LogP contribution < -0.4 is 0 Å². The van der Waals surface area contributed by atoms with E-state index in [0.717, 1.165) is 25.1 Å². The zero-order valence-corrected chi connectivity index (χ0v) is 15.4. The molecule has 0 aliphatic carbocycles. The molecule has 1 fully saturated rings. The number of piperidine rings is 1. The average molecular weight is 365 g/mol. The Hall–Kier alpha value is -2.86. The molecule has 0 bridgehead atoms. The molecule has 6 nitrogen and oxygen atoms in total. The van der Waals surface area contributed by atoms with Crippen LogP contribution in [0.5, 0.6) is 0 Å². The molecule has 0 saturated carbocycles. The van der Waals surface area contributed by atoms with Gasteiger partial charge in [0.15, 0.2) is 5.76 Å². The van der Waals surface area contributed by atoms with Gasteiger partial charge in [0.05, 0.1) is 18.1 Å². The van der Waals surface area contributed by atoms with Crippen LogP contribution >= 0.6 is 0 Å². The Balaban J connectivity index is 1.69. The summed E-state index contributed by atoms with van der Waals surface area (Å²) in [7, 11) is 0. The van der Waals surface area contributed by atoms with Crippen LogP contribution in [-0.4, -0.2) is 46.4 Å². The maximum absolute atomic E-state index is 13.3. The zero-order chi connectivity index (χ0) is 18.6. The van der Waals surface area contributed by atoms with Gasteiger partial charge >= 0.3 is 0 Å². The van der Waals surface area contributed by atoms with Gasteiger partial charge in [0.1, 0.15) is 11.4 Å². The molecule has 3 heterocycles. The monoisotopic (exact) mass is 365 g/mol. The van der Waals surface area contributed by atoms with Gasteiger partial charge in [-0.3, -0.25) is 4.79 Å². The summed E-state index contributed by atoms with van der Waals surface area (Å²) in [5, 5.41) is 4.64. The third-order valence-electron chi connectivity index (χ3n) is 4.77. The minimum atomic E-state index is -0.0337. The fourth-order valence-corrected chi connectivity index (χ4v) is 3.50. The lowest BCUT2D eigenvalue weighted by atomic mass is 10.1. The Morgan fingerprint density at radius 2 is 2.11 bits per heavy atom. The lowest BCUT2D eigenvalue weighted by Gasteiger charge is -2.32. The van der Waals surface area contributed by atoms with Crippen LogP contribution in [0, 0.1) is 0 Å². The molecule has 0 spiro atoms. The summed E-state index contributed by atoms with van der Waals surface area (Å²) in [5.41, 5.74) is 2.02. The van der Waals surface area contributed by atoms with Crippen molar-refractivity contribution in [3.63, 3.8) is 0 Å². The van der Waals surface area contributed by atoms with Crippen LogP contribution in [0.4, 0.5) is 0 Å². The van der Waals surface area contributed by atoms with Crippen LogP contribution in [0.1, 0.15) is 30.3 Å². The zero-order valence-electron chi connectivity index (χ0n) is 15.4.